The van der Waals surface area contributed by atoms with Crippen molar-refractivity contribution in [2.75, 3.05) is 6.61 Å². The maximum atomic E-state index is 12.9. The number of aliphatic hydroxyl groups excluding tert-OH is 1. The molecule has 0 radical (unpaired) electrons. The molecule has 0 aromatic carbocycles. The lowest BCUT2D eigenvalue weighted by atomic mass is 10.2. The SMILES string of the molecule is CC(C)n1cc(C(F)(F)CO)cn1. The van der Waals surface area contributed by atoms with Gasteiger partial charge in [-0.3, -0.25) is 4.68 Å². The van der Waals surface area contributed by atoms with Gasteiger partial charge in [-0.15, -0.1) is 0 Å². The zero-order valence-corrected chi connectivity index (χ0v) is 7.54. The molecule has 0 bridgehead atoms. The number of nitrogens with zero attached hydrogens (tertiary/aromatic N) is 2. The normalized spacial score (nSPS) is 12.5. The molecule has 1 aromatic rings. The average Bonchev–Trinajstić information content (AvgIpc) is 2.52. The molecule has 1 aromatic heterocycles. The molecule has 74 valence electrons. The van der Waals surface area contributed by atoms with Crippen molar-refractivity contribution in [3.63, 3.8) is 0 Å². The summed E-state index contributed by atoms with van der Waals surface area (Å²) in [4.78, 5) is 0. The van der Waals surface area contributed by atoms with Gasteiger partial charge in [-0.2, -0.15) is 13.9 Å². The summed E-state index contributed by atoms with van der Waals surface area (Å²) in [7, 11) is 0. The van der Waals surface area contributed by atoms with Crippen LogP contribution >= 0.6 is 0 Å². The summed E-state index contributed by atoms with van der Waals surface area (Å²) in [5.74, 6) is -3.19. The van der Waals surface area contributed by atoms with E-state index < -0.39 is 12.5 Å². The molecule has 13 heavy (non-hydrogen) atoms. The van der Waals surface area contributed by atoms with Gasteiger partial charge in [-0.1, -0.05) is 0 Å². The van der Waals surface area contributed by atoms with Gasteiger partial charge in [0, 0.05) is 12.2 Å². The Balaban J connectivity index is 2.91. The van der Waals surface area contributed by atoms with Gasteiger partial charge in [0.15, 0.2) is 0 Å². The minimum atomic E-state index is -3.19. The van der Waals surface area contributed by atoms with Crippen molar-refractivity contribution in [2.24, 2.45) is 0 Å². The Bertz CT molecular complexity index is 283. The van der Waals surface area contributed by atoms with E-state index in [1.54, 1.807) is 0 Å². The van der Waals surface area contributed by atoms with E-state index in [9.17, 15) is 8.78 Å². The third-order valence-corrected chi connectivity index (χ3v) is 1.75. The molecule has 1 heterocycles. The van der Waals surface area contributed by atoms with E-state index in [2.05, 4.69) is 5.10 Å². The van der Waals surface area contributed by atoms with E-state index in [1.165, 1.54) is 10.9 Å². The van der Waals surface area contributed by atoms with Crippen LogP contribution in [0.1, 0.15) is 25.5 Å². The second kappa shape index (κ2) is 3.41. The van der Waals surface area contributed by atoms with Gasteiger partial charge in [-0.25, -0.2) is 0 Å². The van der Waals surface area contributed by atoms with Crippen molar-refractivity contribution in [2.45, 2.75) is 25.8 Å². The molecule has 0 amide bonds. The zero-order valence-electron chi connectivity index (χ0n) is 7.54. The lowest BCUT2D eigenvalue weighted by Crippen LogP contribution is -2.17. The number of halogens is 2. The highest BCUT2D eigenvalue weighted by Gasteiger charge is 2.32. The lowest BCUT2D eigenvalue weighted by molar-refractivity contribution is -0.0557. The highest BCUT2D eigenvalue weighted by Crippen LogP contribution is 2.26. The highest BCUT2D eigenvalue weighted by atomic mass is 19.3. The summed E-state index contributed by atoms with van der Waals surface area (Å²) in [5.41, 5.74) is -0.247. The maximum absolute atomic E-state index is 12.9. The van der Waals surface area contributed by atoms with E-state index in [1.807, 2.05) is 13.8 Å². The Kier molecular flexibility index (Phi) is 2.66. The number of alkyl halides is 2. The van der Waals surface area contributed by atoms with Crippen LogP contribution in [0.25, 0.3) is 0 Å². The molecule has 0 aliphatic rings. The molecule has 0 atom stereocenters. The van der Waals surface area contributed by atoms with Crippen LogP contribution < -0.4 is 0 Å². The van der Waals surface area contributed by atoms with Gasteiger partial charge < -0.3 is 5.11 Å². The summed E-state index contributed by atoms with van der Waals surface area (Å²) < 4.78 is 27.1. The Morgan fingerprint density at radius 2 is 2.23 bits per heavy atom. The van der Waals surface area contributed by atoms with E-state index in [0.29, 0.717) is 0 Å². The summed E-state index contributed by atoms with van der Waals surface area (Å²) in [6.07, 6.45) is 2.33. The summed E-state index contributed by atoms with van der Waals surface area (Å²) >= 11 is 0. The molecular weight excluding hydrogens is 178 g/mol. The number of hydrogen-bond donors (Lipinski definition) is 1. The predicted molar refractivity (Wildman–Crippen MR) is 43.6 cm³/mol. The molecule has 3 nitrogen and oxygen atoms in total. The second-order valence-corrected chi connectivity index (χ2v) is 3.17. The Morgan fingerprint density at radius 1 is 1.62 bits per heavy atom. The first-order valence-corrected chi connectivity index (χ1v) is 4.00. The van der Waals surface area contributed by atoms with Crippen molar-refractivity contribution in [1.29, 1.82) is 0 Å². The Labute approximate surface area is 75.0 Å². The second-order valence-electron chi connectivity index (χ2n) is 3.17. The number of aromatic nitrogens is 2. The van der Waals surface area contributed by atoms with E-state index in [4.69, 9.17) is 5.11 Å². The first-order valence-electron chi connectivity index (χ1n) is 4.00. The molecule has 0 fully saturated rings. The molecule has 0 saturated carbocycles. The number of hydrogen-bond acceptors (Lipinski definition) is 2. The van der Waals surface area contributed by atoms with Crippen molar-refractivity contribution >= 4 is 0 Å². The summed E-state index contributed by atoms with van der Waals surface area (Å²) in [5, 5.41) is 12.2. The average molecular weight is 190 g/mol. The van der Waals surface area contributed by atoms with Gasteiger partial charge >= 0.3 is 0 Å². The monoisotopic (exact) mass is 190 g/mol. The van der Waals surface area contributed by atoms with Crippen molar-refractivity contribution in [1.82, 2.24) is 9.78 Å². The highest BCUT2D eigenvalue weighted by molar-refractivity contribution is 5.11. The Hall–Kier alpha value is -0.970. The first-order chi connectivity index (χ1) is 5.97. The van der Waals surface area contributed by atoms with Crippen molar-refractivity contribution in [3.8, 4) is 0 Å². The fourth-order valence-corrected chi connectivity index (χ4v) is 0.901. The van der Waals surface area contributed by atoms with Crippen LogP contribution in [0.4, 0.5) is 8.78 Å². The van der Waals surface area contributed by atoms with Gasteiger partial charge in [0.2, 0.25) is 0 Å². The maximum Gasteiger partial charge on any atom is 0.298 e. The van der Waals surface area contributed by atoms with Crippen LogP contribution in [0, 0.1) is 0 Å². The molecule has 1 rings (SSSR count). The molecule has 5 heteroatoms. The van der Waals surface area contributed by atoms with Gasteiger partial charge in [0.05, 0.1) is 11.8 Å². The quantitative estimate of drug-likeness (QED) is 0.785. The number of aliphatic hydroxyl groups is 1. The van der Waals surface area contributed by atoms with E-state index in [0.717, 1.165) is 6.20 Å². The van der Waals surface area contributed by atoms with Crippen molar-refractivity contribution in [3.05, 3.63) is 18.0 Å². The van der Waals surface area contributed by atoms with E-state index >= 15 is 0 Å². The minimum Gasteiger partial charge on any atom is -0.390 e. The lowest BCUT2D eigenvalue weighted by Gasteiger charge is -2.10. The topological polar surface area (TPSA) is 38.0 Å². The van der Waals surface area contributed by atoms with Gasteiger partial charge in [0.1, 0.15) is 6.61 Å². The first kappa shape index (κ1) is 10.1. The van der Waals surface area contributed by atoms with Crippen LogP contribution in [0.2, 0.25) is 0 Å². The molecule has 1 N–H and O–H groups in total. The van der Waals surface area contributed by atoms with Crippen LogP contribution in [-0.4, -0.2) is 21.5 Å². The predicted octanol–water partition coefficient (Wildman–Crippen LogP) is 1.55. The fourth-order valence-electron chi connectivity index (χ4n) is 0.901. The van der Waals surface area contributed by atoms with Crippen LogP contribution in [-0.2, 0) is 5.92 Å². The standard InChI is InChI=1S/C8H12F2N2O/c1-6(2)12-4-7(3-11-12)8(9,10)5-13/h3-4,6,13H,5H2,1-2H3. The van der Waals surface area contributed by atoms with Gasteiger partial charge in [0.25, 0.3) is 5.92 Å². The Morgan fingerprint density at radius 3 is 2.62 bits per heavy atom. The zero-order chi connectivity index (χ0) is 10.1. The van der Waals surface area contributed by atoms with Crippen LogP contribution in [0.15, 0.2) is 12.4 Å². The smallest absolute Gasteiger partial charge is 0.298 e. The van der Waals surface area contributed by atoms with Crippen molar-refractivity contribution < 1.29 is 13.9 Å². The minimum absolute atomic E-state index is 0.0447. The summed E-state index contributed by atoms with van der Waals surface area (Å²) in [6, 6.07) is 0.0447. The molecule has 0 aliphatic carbocycles. The molecular formula is C8H12F2N2O. The number of rotatable bonds is 3. The third-order valence-electron chi connectivity index (χ3n) is 1.75. The van der Waals surface area contributed by atoms with E-state index in [-0.39, 0.29) is 11.6 Å². The fraction of sp³-hybridized carbons (Fsp3) is 0.625. The molecule has 0 saturated heterocycles. The van der Waals surface area contributed by atoms with Crippen LogP contribution in [0.5, 0.6) is 0 Å². The van der Waals surface area contributed by atoms with Gasteiger partial charge in [-0.05, 0) is 13.8 Å². The molecule has 0 unspecified atom stereocenters. The largest absolute Gasteiger partial charge is 0.390 e. The summed E-state index contributed by atoms with van der Waals surface area (Å²) in [6.45, 7) is 2.50. The third kappa shape index (κ3) is 2.03. The molecule has 0 spiro atoms. The molecule has 0 aliphatic heterocycles. The van der Waals surface area contributed by atoms with Crippen LogP contribution in [0.3, 0.4) is 0 Å².